The predicted octanol–water partition coefficient (Wildman–Crippen LogP) is 4.18. The Morgan fingerprint density at radius 2 is 1.78 bits per heavy atom. The van der Waals surface area contributed by atoms with Gasteiger partial charge in [0.2, 0.25) is 0 Å². The van der Waals surface area contributed by atoms with Gasteiger partial charge in [0.05, 0.1) is 0 Å². The van der Waals surface area contributed by atoms with Gasteiger partial charge in [-0.15, -0.1) is 0 Å². The SMILES string of the molecule is Cc1cc(Cl)cc(C(O)c2ccc(F)c(C)c2)c1. The summed E-state index contributed by atoms with van der Waals surface area (Å²) in [6.07, 6.45) is -0.790. The summed E-state index contributed by atoms with van der Waals surface area (Å²) in [5.74, 6) is -0.270. The summed E-state index contributed by atoms with van der Waals surface area (Å²) in [6, 6.07) is 10.0. The van der Waals surface area contributed by atoms with E-state index in [4.69, 9.17) is 11.6 Å². The van der Waals surface area contributed by atoms with E-state index in [-0.39, 0.29) is 5.82 Å². The van der Waals surface area contributed by atoms with Crippen LogP contribution in [0.5, 0.6) is 0 Å². The van der Waals surface area contributed by atoms with Crippen molar-refractivity contribution < 1.29 is 9.50 Å². The molecule has 0 aliphatic carbocycles. The average Bonchev–Trinajstić information content (AvgIpc) is 2.30. The lowest BCUT2D eigenvalue weighted by atomic mass is 9.98. The minimum absolute atomic E-state index is 0.270. The fraction of sp³-hybridized carbons (Fsp3) is 0.200. The first-order valence-electron chi connectivity index (χ1n) is 5.68. The second kappa shape index (κ2) is 5.09. The molecule has 1 nitrogen and oxygen atoms in total. The molecule has 0 bridgehead atoms. The first-order chi connectivity index (χ1) is 8.47. The second-order valence-corrected chi connectivity index (χ2v) is 4.91. The Morgan fingerprint density at radius 1 is 1.06 bits per heavy atom. The lowest BCUT2D eigenvalue weighted by molar-refractivity contribution is 0.220. The summed E-state index contributed by atoms with van der Waals surface area (Å²) in [5.41, 5.74) is 2.88. The Hall–Kier alpha value is -1.38. The summed E-state index contributed by atoms with van der Waals surface area (Å²) in [6.45, 7) is 3.59. The quantitative estimate of drug-likeness (QED) is 0.863. The molecule has 0 fully saturated rings. The molecule has 2 rings (SSSR count). The van der Waals surface area contributed by atoms with E-state index < -0.39 is 6.10 Å². The van der Waals surface area contributed by atoms with Gasteiger partial charge >= 0.3 is 0 Å². The fourth-order valence-electron chi connectivity index (χ4n) is 1.95. The van der Waals surface area contributed by atoms with Crippen LogP contribution in [0.15, 0.2) is 36.4 Å². The molecule has 2 aromatic carbocycles. The molecule has 3 heteroatoms. The first-order valence-corrected chi connectivity index (χ1v) is 6.06. The van der Waals surface area contributed by atoms with Gasteiger partial charge in [0.25, 0.3) is 0 Å². The number of aliphatic hydroxyl groups is 1. The van der Waals surface area contributed by atoms with Crippen LogP contribution < -0.4 is 0 Å². The molecule has 1 N–H and O–H groups in total. The van der Waals surface area contributed by atoms with Crippen LogP contribution in [0.25, 0.3) is 0 Å². The van der Waals surface area contributed by atoms with Gasteiger partial charge in [0.15, 0.2) is 0 Å². The van der Waals surface area contributed by atoms with Crippen molar-refractivity contribution in [2.45, 2.75) is 20.0 Å². The summed E-state index contributed by atoms with van der Waals surface area (Å²) in [5, 5.41) is 10.9. The zero-order chi connectivity index (χ0) is 13.3. The van der Waals surface area contributed by atoms with Gasteiger partial charge in [-0.25, -0.2) is 4.39 Å². The molecule has 1 unspecified atom stereocenters. The first kappa shape index (κ1) is 13.1. The maximum absolute atomic E-state index is 13.2. The average molecular weight is 265 g/mol. The van der Waals surface area contributed by atoms with Gasteiger partial charge in [-0.1, -0.05) is 29.8 Å². The molecule has 0 heterocycles. The minimum Gasteiger partial charge on any atom is -0.384 e. The monoisotopic (exact) mass is 264 g/mol. The molecule has 2 aromatic rings. The standard InChI is InChI=1S/C15H14ClFO/c1-9-5-12(8-13(16)6-9)15(18)11-3-4-14(17)10(2)7-11/h3-8,15,18H,1-2H3. The number of rotatable bonds is 2. The van der Waals surface area contributed by atoms with Crippen molar-refractivity contribution in [3.8, 4) is 0 Å². The predicted molar refractivity (Wildman–Crippen MR) is 71.4 cm³/mol. The summed E-state index contributed by atoms with van der Waals surface area (Å²) in [4.78, 5) is 0. The van der Waals surface area contributed by atoms with Gasteiger partial charge in [-0.05, 0) is 54.3 Å². The van der Waals surface area contributed by atoms with Crippen LogP contribution in [0.3, 0.4) is 0 Å². The van der Waals surface area contributed by atoms with E-state index in [2.05, 4.69) is 0 Å². The molecule has 0 spiro atoms. The third kappa shape index (κ3) is 2.71. The van der Waals surface area contributed by atoms with Crippen LogP contribution in [0.1, 0.15) is 28.4 Å². The molecule has 0 aromatic heterocycles. The summed E-state index contributed by atoms with van der Waals surface area (Å²) < 4.78 is 13.2. The Morgan fingerprint density at radius 3 is 2.39 bits per heavy atom. The highest BCUT2D eigenvalue weighted by molar-refractivity contribution is 6.30. The van der Waals surface area contributed by atoms with Gasteiger partial charge in [-0.3, -0.25) is 0 Å². The molecular weight excluding hydrogens is 251 g/mol. The molecular formula is C15H14ClFO. The number of aliphatic hydroxyl groups excluding tert-OH is 1. The van der Waals surface area contributed by atoms with Gasteiger partial charge in [-0.2, -0.15) is 0 Å². The van der Waals surface area contributed by atoms with E-state index in [9.17, 15) is 9.50 Å². The molecule has 0 saturated carbocycles. The van der Waals surface area contributed by atoms with Crippen molar-refractivity contribution in [1.82, 2.24) is 0 Å². The third-order valence-electron chi connectivity index (χ3n) is 2.88. The molecule has 0 amide bonds. The van der Waals surface area contributed by atoms with Crippen molar-refractivity contribution >= 4 is 11.6 Å². The van der Waals surface area contributed by atoms with Gasteiger partial charge < -0.3 is 5.11 Å². The number of benzene rings is 2. The van der Waals surface area contributed by atoms with E-state index in [1.807, 2.05) is 19.1 Å². The molecule has 0 radical (unpaired) electrons. The Bertz CT molecular complexity index is 560. The van der Waals surface area contributed by atoms with Crippen LogP contribution in [-0.2, 0) is 0 Å². The van der Waals surface area contributed by atoms with Crippen molar-refractivity contribution in [3.05, 3.63) is 69.5 Å². The normalized spacial score (nSPS) is 12.5. The van der Waals surface area contributed by atoms with Gasteiger partial charge in [0, 0.05) is 5.02 Å². The lowest BCUT2D eigenvalue weighted by Gasteiger charge is -2.13. The van der Waals surface area contributed by atoms with Crippen LogP contribution in [0, 0.1) is 19.7 Å². The molecule has 94 valence electrons. The van der Waals surface area contributed by atoms with Crippen LogP contribution in [0.4, 0.5) is 4.39 Å². The maximum atomic E-state index is 13.2. The Kier molecular flexibility index (Phi) is 3.69. The molecule has 0 aliphatic rings. The fourth-order valence-corrected chi connectivity index (χ4v) is 2.25. The largest absolute Gasteiger partial charge is 0.384 e. The highest BCUT2D eigenvalue weighted by Crippen LogP contribution is 2.26. The van der Waals surface area contributed by atoms with Crippen LogP contribution in [-0.4, -0.2) is 5.11 Å². The lowest BCUT2D eigenvalue weighted by Crippen LogP contribution is -2.01. The molecule has 1 atom stereocenters. The maximum Gasteiger partial charge on any atom is 0.126 e. The topological polar surface area (TPSA) is 20.2 Å². The zero-order valence-corrected chi connectivity index (χ0v) is 11.0. The van der Waals surface area contributed by atoms with Gasteiger partial charge in [0.1, 0.15) is 11.9 Å². The summed E-state index contributed by atoms with van der Waals surface area (Å²) >= 11 is 5.97. The van der Waals surface area contributed by atoms with Crippen LogP contribution in [0.2, 0.25) is 5.02 Å². The molecule has 0 saturated heterocycles. The number of hydrogen-bond acceptors (Lipinski definition) is 1. The van der Waals surface area contributed by atoms with E-state index in [0.717, 1.165) is 5.56 Å². The van der Waals surface area contributed by atoms with E-state index in [1.165, 1.54) is 6.07 Å². The Labute approximate surface area is 111 Å². The number of aryl methyl sites for hydroxylation is 2. The van der Waals surface area contributed by atoms with Crippen molar-refractivity contribution in [2.75, 3.05) is 0 Å². The second-order valence-electron chi connectivity index (χ2n) is 4.47. The molecule has 0 aliphatic heterocycles. The van der Waals surface area contributed by atoms with Crippen molar-refractivity contribution in [1.29, 1.82) is 0 Å². The number of halogens is 2. The summed E-state index contributed by atoms with van der Waals surface area (Å²) in [7, 11) is 0. The highest BCUT2D eigenvalue weighted by Gasteiger charge is 2.12. The third-order valence-corrected chi connectivity index (χ3v) is 3.10. The highest BCUT2D eigenvalue weighted by atomic mass is 35.5. The molecule has 18 heavy (non-hydrogen) atoms. The Balaban J connectivity index is 2.40. The smallest absolute Gasteiger partial charge is 0.126 e. The van der Waals surface area contributed by atoms with E-state index in [0.29, 0.717) is 21.7 Å². The van der Waals surface area contributed by atoms with Crippen LogP contribution >= 0.6 is 11.6 Å². The van der Waals surface area contributed by atoms with E-state index in [1.54, 1.807) is 25.1 Å². The minimum atomic E-state index is -0.790. The van der Waals surface area contributed by atoms with Crippen molar-refractivity contribution in [3.63, 3.8) is 0 Å². The zero-order valence-electron chi connectivity index (χ0n) is 10.2. The van der Waals surface area contributed by atoms with Crippen molar-refractivity contribution in [2.24, 2.45) is 0 Å². The number of hydrogen-bond donors (Lipinski definition) is 1. The van der Waals surface area contributed by atoms with E-state index >= 15 is 0 Å².